The molecule has 0 heterocycles. The van der Waals surface area contributed by atoms with Crippen LogP contribution in [0.15, 0.2) is 23.4 Å². The molecule has 1 saturated carbocycles. The van der Waals surface area contributed by atoms with Gasteiger partial charge in [0.1, 0.15) is 6.61 Å². The van der Waals surface area contributed by atoms with Crippen LogP contribution in [0.1, 0.15) is 63.5 Å². The molecule has 0 aromatic heterocycles. The highest BCUT2D eigenvalue weighted by molar-refractivity contribution is 6.31. The molecule has 0 spiro atoms. The largest absolute Gasteiger partial charge is 0.466 e. The summed E-state index contributed by atoms with van der Waals surface area (Å²) in [7, 11) is 0. The lowest BCUT2D eigenvalue weighted by Crippen LogP contribution is -2.14. The lowest BCUT2D eigenvalue weighted by molar-refractivity contribution is -0.142. The molecular weight excluding hydrogens is 338 g/mol. The maximum atomic E-state index is 11.9. The fourth-order valence-electron chi connectivity index (χ4n) is 3.22. The second-order valence-electron chi connectivity index (χ2n) is 6.47. The molecule has 4 nitrogen and oxygen atoms in total. The Morgan fingerprint density at radius 3 is 2.68 bits per heavy atom. The van der Waals surface area contributed by atoms with Crippen LogP contribution in [0.5, 0.6) is 0 Å². The van der Waals surface area contributed by atoms with Crippen molar-refractivity contribution in [3.05, 3.63) is 34.3 Å². The molecule has 1 aromatic rings. The summed E-state index contributed by atoms with van der Waals surface area (Å²) in [5.74, 6) is 0.360. The van der Waals surface area contributed by atoms with E-state index in [1.165, 1.54) is 32.1 Å². The summed E-state index contributed by atoms with van der Waals surface area (Å²) in [6, 6.07) is 5.50. The van der Waals surface area contributed by atoms with E-state index < -0.39 is 0 Å². The number of ether oxygens (including phenoxy) is 1. The average molecular weight is 366 g/mol. The molecule has 0 N–H and O–H groups in total. The van der Waals surface area contributed by atoms with Crippen molar-refractivity contribution in [2.24, 2.45) is 11.1 Å². The molecule has 138 valence electrons. The first-order valence-corrected chi connectivity index (χ1v) is 9.65. The zero-order chi connectivity index (χ0) is 18.1. The van der Waals surface area contributed by atoms with E-state index in [0.29, 0.717) is 30.6 Å². The Bertz CT molecular complexity index is 595. The van der Waals surface area contributed by atoms with Crippen molar-refractivity contribution in [1.82, 2.24) is 0 Å². The van der Waals surface area contributed by atoms with Crippen molar-refractivity contribution in [1.29, 1.82) is 0 Å². The molecule has 25 heavy (non-hydrogen) atoms. The van der Waals surface area contributed by atoms with E-state index in [9.17, 15) is 4.79 Å². The van der Waals surface area contributed by atoms with Crippen LogP contribution < -0.4 is 0 Å². The van der Waals surface area contributed by atoms with Crippen molar-refractivity contribution in [2.75, 3.05) is 13.2 Å². The molecule has 0 amide bonds. The summed E-state index contributed by atoms with van der Waals surface area (Å²) in [5, 5.41) is 4.99. The minimum atomic E-state index is -0.246. The topological polar surface area (TPSA) is 47.9 Å². The molecule has 0 aliphatic heterocycles. The van der Waals surface area contributed by atoms with Gasteiger partial charge in [0.2, 0.25) is 0 Å². The second-order valence-corrected chi connectivity index (χ2v) is 6.91. The minimum absolute atomic E-state index is 0.210. The van der Waals surface area contributed by atoms with Crippen LogP contribution in [0.3, 0.4) is 0 Å². The molecule has 0 bridgehead atoms. The van der Waals surface area contributed by atoms with E-state index in [0.717, 1.165) is 16.8 Å². The van der Waals surface area contributed by atoms with Crippen LogP contribution in [-0.2, 0) is 20.8 Å². The van der Waals surface area contributed by atoms with Crippen LogP contribution in [0.4, 0.5) is 0 Å². The van der Waals surface area contributed by atoms with Gasteiger partial charge in [-0.3, -0.25) is 4.79 Å². The molecule has 1 aromatic carbocycles. The van der Waals surface area contributed by atoms with Crippen LogP contribution in [0, 0.1) is 5.92 Å². The SMILES string of the molecule is CCOC(=O)Cc1ccc(Cl)cc1/C(CC)=N\OCC1CCCCC1. The first-order chi connectivity index (χ1) is 12.1. The van der Waals surface area contributed by atoms with Gasteiger partial charge in [0.05, 0.1) is 18.7 Å². The standard InChI is InChI=1S/C20H28ClNO3/c1-3-19(22-25-14-15-8-6-5-7-9-15)18-13-17(21)11-10-16(18)12-20(23)24-4-2/h10-11,13,15H,3-9,12,14H2,1-2H3/b22-19-. The smallest absolute Gasteiger partial charge is 0.310 e. The second kappa shape index (κ2) is 10.4. The third kappa shape index (κ3) is 6.35. The van der Waals surface area contributed by atoms with Crippen LogP contribution in [0.25, 0.3) is 0 Å². The number of carbonyl (C=O) groups excluding carboxylic acids is 1. The molecule has 5 heteroatoms. The third-order valence-corrected chi connectivity index (χ3v) is 4.80. The Balaban J connectivity index is 2.10. The summed E-state index contributed by atoms with van der Waals surface area (Å²) in [5.41, 5.74) is 2.55. The number of halogens is 1. The van der Waals surface area contributed by atoms with Crippen molar-refractivity contribution in [2.45, 2.75) is 58.8 Å². The zero-order valence-electron chi connectivity index (χ0n) is 15.2. The number of hydrogen-bond acceptors (Lipinski definition) is 4. The average Bonchev–Trinajstić information content (AvgIpc) is 2.61. The Morgan fingerprint density at radius 2 is 2.00 bits per heavy atom. The summed E-state index contributed by atoms with van der Waals surface area (Å²) in [6.45, 7) is 4.87. The van der Waals surface area contributed by atoms with Crippen molar-refractivity contribution < 1.29 is 14.4 Å². The zero-order valence-corrected chi connectivity index (χ0v) is 16.0. The molecular formula is C20H28ClNO3. The molecule has 1 aliphatic rings. The number of nitrogens with zero attached hydrogens (tertiary/aromatic N) is 1. The van der Waals surface area contributed by atoms with Gasteiger partial charge in [-0.05, 0) is 49.8 Å². The summed E-state index contributed by atoms with van der Waals surface area (Å²) >= 11 is 6.16. The number of esters is 1. The third-order valence-electron chi connectivity index (χ3n) is 4.57. The number of rotatable bonds is 8. The molecule has 2 rings (SSSR count). The van der Waals surface area contributed by atoms with Gasteiger partial charge >= 0.3 is 5.97 Å². The summed E-state index contributed by atoms with van der Waals surface area (Å²) in [4.78, 5) is 17.5. The van der Waals surface area contributed by atoms with E-state index in [1.54, 1.807) is 13.0 Å². The van der Waals surface area contributed by atoms with E-state index in [1.807, 2.05) is 19.1 Å². The highest BCUT2D eigenvalue weighted by Gasteiger charge is 2.16. The Morgan fingerprint density at radius 1 is 1.24 bits per heavy atom. The monoisotopic (exact) mass is 365 g/mol. The van der Waals surface area contributed by atoms with Crippen molar-refractivity contribution in [3.63, 3.8) is 0 Å². The quantitative estimate of drug-likeness (QED) is 0.363. The van der Waals surface area contributed by atoms with Gasteiger partial charge in [0.15, 0.2) is 0 Å². The van der Waals surface area contributed by atoms with Gasteiger partial charge in [0.25, 0.3) is 0 Å². The minimum Gasteiger partial charge on any atom is -0.466 e. The van der Waals surface area contributed by atoms with Gasteiger partial charge < -0.3 is 9.57 Å². The number of hydrogen-bond donors (Lipinski definition) is 0. The number of oxime groups is 1. The molecule has 0 unspecified atom stereocenters. The van der Waals surface area contributed by atoms with Crippen molar-refractivity contribution in [3.8, 4) is 0 Å². The molecule has 1 fully saturated rings. The lowest BCUT2D eigenvalue weighted by Gasteiger charge is -2.20. The van der Waals surface area contributed by atoms with Crippen LogP contribution >= 0.6 is 11.6 Å². The van der Waals surface area contributed by atoms with Gasteiger partial charge in [-0.1, -0.05) is 49.0 Å². The number of benzene rings is 1. The van der Waals surface area contributed by atoms with E-state index in [2.05, 4.69) is 5.16 Å². The Kier molecular flexibility index (Phi) is 8.26. The predicted molar refractivity (Wildman–Crippen MR) is 101 cm³/mol. The fraction of sp³-hybridized carbons (Fsp3) is 0.600. The highest BCUT2D eigenvalue weighted by Crippen LogP contribution is 2.24. The van der Waals surface area contributed by atoms with Gasteiger partial charge in [-0.2, -0.15) is 0 Å². The molecule has 0 atom stereocenters. The first-order valence-electron chi connectivity index (χ1n) is 9.27. The van der Waals surface area contributed by atoms with Crippen LogP contribution in [-0.4, -0.2) is 24.9 Å². The summed E-state index contributed by atoms with van der Waals surface area (Å²) < 4.78 is 5.06. The van der Waals surface area contributed by atoms with Gasteiger partial charge in [-0.25, -0.2) is 0 Å². The molecule has 1 aliphatic carbocycles. The predicted octanol–water partition coefficient (Wildman–Crippen LogP) is 5.16. The van der Waals surface area contributed by atoms with E-state index in [-0.39, 0.29) is 12.4 Å². The number of carbonyl (C=O) groups is 1. The fourth-order valence-corrected chi connectivity index (χ4v) is 3.39. The van der Waals surface area contributed by atoms with Gasteiger partial charge in [0, 0.05) is 10.6 Å². The highest BCUT2D eigenvalue weighted by atomic mass is 35.5. The maximum Gasteiger partial charge on any atom is 0.310 e. The van der Waals surface area contributed by atoms with E-state index >= 15 is 0 Å². The first kappa shape index (κ1) is 19.8. The van der Waals surface area contributed by atoms with Crippen LogP contribution in [0.2, 0.25) is 5.02 Å². The Hall–Kier alpha value is -1.55. The van der Waals surface area contributed by atoms with Gasteiger partial charge in [-0.15, -0.1) is 0 Å². The Labute approximate surface area is 155 Å². The summed E-state index contributed by atoms with van der Waals surface area (Å²) in [6.07, 6.45) is 7.28. The molecule has 0 radical (unpaired) electrons. The maximum absolute atomic E-state index is 11.9. The van der Waals surface area contributed by atoms with Crippen molar-refractivity contribution >= 4 is 23.3 Å². The lowest BCUT2D eigenvalue weighted by atomic mass is 9.90. The normalized spacial score (nSPS) is 15.9. The van der Waals surface area contributed by atoms with E-state index in [4.69, 9.17) is 21.2 Å². The molecule has 0 saturated heterocycles.